The summed E-state index contributed by atoms with van der Waals surface area (Å²) in [5.74, 6) is -0.877. The Labute approximate surface area is 125 Å². The number of ether oxygens (including phenoxy) is 1. The van der Waals surface area contributed by atoms with E-state index in [0.29, 0.717) is 19.6 Å². The third-order valence-corrected chi connectivity index (χ3v) is 4.39. The quantitative estimate of drug-likeness (QED) is 0.718. The van der Waals surface area contributed by atoms with Gasteiger partial charge in [0.05, 0.1) is 11.5 Å². The van der Waals surface area contributed by atoms with E-state index in [1.54, 1.807) is 19.1 Å². The molecule has 0 amide bonds. The van der Waals surface area contributed by atoms with Crippen LogP contribution < -0.4 is 4.72 Å². The molecule has 0 aromatic heterocycles. The normalized spacial score (nSPS) is 13.0. The Balaban J connectivity index is 2.68. The van der Waals surface area contributed by atoms with Crippen molar-refractivity contribution in [3.8, 4) is 0 Å². The second kappa shape index (κ2) is 8.11. The molecule has 0 heterocycles. The SMILES string of the molecule is CCOCC(C)NS(=O)(=O)c1ccc(CCC(=O)O)cc1. The molecule has 1 unspecified atom stereocenters. The van der Waals surface area contributed by atoms with Crippen molar-refractivity contribution >= 4 is 16.0 Å². The number of carbonyl (C=O) groups is 1. The van der Waals surface area contributed by atoms with Crippen molar-refractivity contribution in [3.63, 3.8) is 0 Å². The fourth-order valence-corrected chi connectivity index (χ4v) is 2.98. The number of hydrogen-bond acceptors (Lipinski definition) is 4. The van der Waals surface area contributed by atoms with Crippen LogP contribution in [-0.4, -0.2) is 38.7 Å². The Bertz CT molecular complexity index is 553. The summed E-state index contributed by atoms with van der Waals surface area (Å²) in [6.45, 7) is 4.42. The van der Waals surface area contributed by atoms with Gasteiger partial charge in [-0.3, -0.25) is 4.79 Å². The molecule has 0 bridgehead atoms. The van der Waals surface area contributed by atoms with E-state index < -0.39 is 16.0 Å². The van der Waals surface area contributed by atoms with E-state index in [4.69, 9.17) is 9.84 Å². The minimum atomic E-state index is -3.58. The molecule has 0 saturated carbocycles. The zero-order chi connectivity index (χ0) is 15.9. The van der Waals surface area contributed by atoms with Crippen LogP contribution in [0.1, 0.15) is 25.8 Å². The predicted molar refractivity (Wildman–Crippen MR) is 78.7 cm³/mol. The van der Waals surface area contributed by atoms with Gasteiger partial charge in [-0.15, -0.1) is 0 Å². The molecule has 7 heteroatoms. The topological polar surface area (TPSA) is 92.7 Å². The molecule has 1 atom stereocenters. The van der Waals surface area contributed by atoms with Gasteiger partial charge >= 0.3 is 5.97 Å². The minimum absolute atomic E-state index is 0.0235. The molecule has 6 nitrogen and oxygen atoms in total. The summed E-state index contributed by atoms with van der Waals surface area (Å²) in [4.78, 5) is 10.6. The third kappa shape index (κ3) is 6.24. The number of carboxylic acids is 1. The Kier molecular flexibility index (Phi) is 6.80. The fraction of sp³-hybridized carbons (Fsp3) is 0.500. The van der Waals surface area contributed by atoms with Crippen molar-refractivity contribution in [1.29, 1.82) is 0 Å². The lowest BCUT2D eigenvalue weighted by molar-refractivity contribution is -0.136. The van der Waals surface area contributed by atoms with E-state index in [1.807, 2.05) is 6.92 Å². The minimum Gasteiger partial charge on any atom is -0.481 e. The highest BCUT2D eigenvalue weighted by Crippen LogP contribution is 2.12. The number of hydrogen-bond donors (Lipinski definition) is 2. The van der Waals surface area contributed by atoms with Gasteiger partial charge in [0.15, 0.2) is 0 Å². The maximum absolute atomic E-state index is 12.1. The Morgan fingerprint density at radius 3 is 2.48 bits per heavy atom. The first-order chi connectivity index (χ1) is 9.85. The van der Waals surface area contributed by atoms with Gasteiger partial charge in [0.2, 0.25) is 10.0 Å². The summed E-state index contributed by atoms with van der Waals surface area (Å²) in [7, 11) is -3.58. The molecule has 1 aromatic carbocycles. The molecule has 0 fully saturated rings. The summed E-state index contributed by atoms with van der Waals surface area (Å²) in [5, 5.41) is 8.61. The molecule has 0 spiro atoms. The number of nitrogens with one attached hydrogen (secondary N) is 1. The first kappa shape index (κ1) is 17.6. The van der Waals surface area contributed by atoms with Crippen molar-refractivity contribution in [1.82, 2.24) is 4.72 Å². The van der Waals surface area contributed by atoms with Crippen LogP contribution >= 0.6 is 0 Å². The first-order valence-electron chi connectivity index (χ1n) is 6.76. The molecule has 0 radical (unpaired) electrons. The van der Waals surface area contributed by atoms with Gasteiger partial charge in [0.25, 0.3) is 0 Å². The molecular formula is C14H21NO5S. The van der Waals surface area contributed by atoms with Crippen LogP contribution in [0.3, 0.4) is 0 Å². The van der Waals surface area contributed by atoms with E-state index in [0.717, 1.165) is 5.56 Å². The van der Waals surface area contributed by atoms with Crippen LogP contribution in [0.2, 0.25) is 0 Å². The van der Waals surface area contributed by atoms with Crippen LogP contribution in [0.5, 0.6) is 0 Å². The van der Waals surface area contributed by atoms with Crippen LogP contribution in [0.4, 0.5) is 0 Å². The standard InChI is InChI=1S/C14H21NO5S/c1-3-20-10-11(2)15-21(18,19)13-7-4-12(5-8-13)6-9-14(16)17/h4-5,7-8,11,15H,3,6,9-10H2,1-2H3,(H,16,17). The van der Waals surface area contributed by atoms with Gasteiger partial charge < -0.3 is 9.84 Å². The molecular weight excluding hydrogens is 294 g/mol. The lowest BCUT2D eigenvalue weighted by Gasteiger charge is -2.14. The largest absolute Gasteiger partial charge is 0.481 e. The average molecular weight is 315 g/mol. The van der Waals surface area contributed by atoms with Crippen molar-refractivity contribution in [2.24, 2.45) is 0 Å². The van der Waals surface area contributed by atoms with E-state index in [2.05, 4.69) is 4.72 Å². The lowest BCUT2D eigenvalue weighted by atomic mass is 10.1. The van der Waals surface area contributed by atoms with Gasteiger partial charge in [0.1, 0.15) is 0 Å². The van der Waals surface area contributed by atoms with Crippen LogP contribution in [0, 0.1) is 0 Å². The number of benzene rings is 1. The Morgan fingerprint density at radius 1 is 1.33 bits per heavy atom. The molecule has 118 valence electrons. The maximum Gasteiger partial charge on any atom is 0.303 e. The van der Waals surface area contributed by atoms with Crippen molar-refractivity contribution in [2.75, 3.05) is 13.2 Å². The van der Waals surface area contributed by atoms with Gasteiger partial charge in [0, 0.05) is 19.1 Å². The highest BCUT2D eigenvalue weighted by Gasteiger charge is 2.17. The zero-order valence-corrected chi connectivity index (χ0v) is 13.0. The van der Waals surface area contributed by atoms with Crippen LogP contribution in [0.15, 0.2) is 29.2 Å². The predicted octanol–water partition coefficient (Wildman–Crippen LogP) is 1.41. The van der Waals surface area contributed by atoms with Crippen molar-refractivity contribution < 1.29 is 23.1 Å². The van der Waals surface area contributed by atoms with Crippen LogP contribution in [0.25, 0.3) is 0 Å². The maximum atomic E-state index is 12.1. The zero-order valence-electron chi connectivity index (χ0n) is 12.2. The van der Waals surface area contributed by atoms with Crippen LogP contribution in [-0.2, 0) is 26.0 Å². The molecule has 1 aromatic rings. The van der Waals surface area contributed by atoms with E-state index in [9.17, 15) is 13.2 Å². The molecule has 1 rings (SSSR count). The molecule has 0 aliphatic rings. The molecule has 21 heavy (non-hydrogen) atoms. The number of aliphatic carboxylic acids is 1. The average Bonchev–Trinajstić information content (AvgIpc) is 2.43. The highest BCUT2D eigenvalue weighted by atomic mass is 32.2. The summed E-state index contributed by atoms with van der Waals surface area (Å²) < 4.78 is 31.9. The van der Waals surface area contributed by atoms with E-state index in [-0.39, 0.29) is 17.4 Å². The van der Waals surface area contributed by atoms with Gasteiger partial charge in [-0.1, -0.05) is 12.1 Å². The van der Waals surface area contributed by atoms with Gasteiger partial charge in [-0.2, -0.15) is 0 Å². The van der Waals surface area contributed by atoms with Crippen molar-refractivity contribution in [3.05, 3.63) is 29.8 Å². The second-order valence-corrected chi connectivity index (χ2v) is 6.43. The highest BCUT2D eigenvalue weighted by molar-refractivity contribution is 7.89. The summed E-state index contributed by atoms with van der Waals surface area (Å²) in [5.41, 5.74) is 0.790. The lowest BCUT2D eigenvalue weighted by Crippen LogP contribution is -2.35. The summed E-state index contributed by atoms with van der Waals surface area (Å²) >= 11 is 0. The Morgan fingerprint density at radius 2 is 1.95 bits per heavy atom. The van der Waals surface area contributed by atoms with E-state index >= 15 is 0 Å². The molecule has 0 saturated heterocycles. The van der Waals surface area contributed by atoms with Gasteiger partial charge in [-0.05, 0) is 38.0 Å². The molecule has 0 aliphatic carbocycles. The third-order valence-electron chi connectivity index (χ3n) is 2.79. The number of carboxylic acid groups (broad SMARTS) is 1. The van der Waals surface area contributed by atoms with Gasteiger partial charge in [-0.25, -0.2) is 13.1 Å². The number of rotatable bonds is 9. The molecule has 2 N–H and O–H groups in total. The number of aryl methyl sites for hydroxylation is 1. The van der Waals surface area contributed by atoms with Crippen molar-refractivity contribution in [2.45, 2.75) is 37.6 Å². The Hall–Kier alpha value is -1.44. The fourth-order valence-electron chi connectivity index (χ4n) is 1.75. The summed E-state index contributed by atoms with van der Waals surface area (Å²) in [6, 6.07) is 5.90. The van der Waals surface area contributed by atoms with E-state index in [1.165, 1.54) is 12.1 Å². The molecule has 0 aliphatic heterocycles. The second-order valence-electron chi connectivity index (χ2n) is 4.72. The monoisotopic (exact) mass is 315 g/mol. The summed E-state index contributed by atoms with van der Waals surface area (Å²) in [6.07, 6.45) is 0.402. The first-order valence-corrected chi connectivity index (χ1v) is 8.24. The number of sulfonamides is 1. The smallest absolute Gasteiger partial charge is 0.303 e.